The molecule has 0 bridgehead atoms. The zero-order valence-corrected chi connectivity index (χ0v) is 10.8. The molecule has 0 aliphatic rings. The molecule has 7 nitrogen and oxygen atoms in total. The minimum Gasteiger partial charge on any atom is -0.480 e. The molecule has 0 saturated heterocycles. The third-order valence-corrected chi connectivity index (χ3v) is 2.21. The standard InChI is InChI=1S/C11H21N3O4/c1-3-4-5-8(2)14-11(18)13-6-9(15)12-7-10(16)17/h8H,3-7H2,1-2H3,(H,12,15)(H,16,17)(H2,13,14,18). The van der Waals surface area contributed by atoms with Gasteiger partial charge in [0.15, 0.2) is 0 Å². The van der Waals surface area contributed by atoms with Crippen LogP contribution in [0.5, 0.6) is 0 Å². The second kappa shape index (κ2) is 9.26. The minimum absolute atomic E-state index is 0.0482. The molecule has 0 saturated carbocycles. The van der Waals surface area contributed by atoms with Crippen molar-refractivity contribution in [3.05, 3.63) is 0 Å². The van der Waals surface area contributed by atoms with Crippen molar-refractivity contribution >= 4 is 17.9 Å². The fourth-order valence-electron chi connectivity index (χ4n) is 1.25. The molecule has 0 aromatic carbocycles. The van der Waals surface area contributed by atoms with Gasteiger partial charge in [0.1, 0.15) is 6.54 Å². The summed E-state index contributed by atoms with van der Waals surface area (Å²) in [5.74, 6) is -1.66. The Kier molecular flexibility index (Phi) is 8.34. The van der Waals surface area contributed by atoms with Crippen molar-refractivity contribution in [3.8, 4) is 0 Å². The Balaban J connectivity index is 3.69. The van der Waals surface area contributed by atoms with Crippen molar-refractivity contribution in [3.63, 3.8) is 0 Å². The Morgan fingerprint density at radius 1 is 1.17 bits per heavy atom. The van der Waals surface area contributed by atoms with E-state index in [9.17, 15) is 14.4 Å². The molecule has 0 aliphatic carbocycles. The molecule has 1 atom stereocenters. The summed E-state index contributed by atoms with van der Waals surface area (Å²) in [6, 6.07) is -0.379. The average molecular weight is 259 g/mol. The second-order valence-corrected chi connectivity index (χ2v) is 4.04. The van der Waals surface area contributed by atoms with Crippen LogP contribution in [0.15, 0.2) is 0 Å². The van der Waals surface area contributed by atoms with Crippen molar-refractivity contribution < 1.29 is 19.5 Å². The summed E-state index contributed by atoms with van der Waals surface area (Å²) in [6.45, 7) is 3.27. The highest BCUT2D eigenvalue weighted by Gasteiger charge is 2.08. The number of hydrogen-bond acceptors (Lipinski definition) is 3. The van der Waals surface area contributed by atoms with Crippen LogP contribution >= 0.6 is 0 Å². The van der Waals surface area contributed by atoms with Gasteiger partial charge in [-0.15, -0.1) is 0 Å². The highest BCUT2D eigenvalue weighted by molar-refractivity contribution is 5.86. The number of nitrogens with one attached hydrogen (secondary N) is 3. The van der Waals surface area contributed by atoms with Crippen molar-refractivity contribution in [1.29, 1.82) is 0 Å². The summed E-state index contributed by atoms with van der Waals surface area (Å²) in [4.78, 5) is 32.6. The molecule has 0 spiro atoms. The number of aliphatic carboxylic acids is 1. The lowest BCUT2D eigenvalue weighted by atomic mass is 10.1. The molecule has 0 aromatic heterocycles. The van der Waals surface area contributed by atoms with Gasteiger partial charge in [-0.1, -0.05) is 19.8 Å². The normalized spacial score (nSPS) is 11.4. The zero-order chi connectivity index (χ0) is 14.0. The van der Waals surface area contributed by atoms with Gasteiger partial charge in [-0.3, -0.25) is 9.59 Å². The van der Waals surface area contributed by atoms with Gasteiger partial charge in [0, 0.05) is 6.04 Å². The Morgan fingerprint density at radius 2 is 1.83 bits per heavy atom. The van der Waals surface area contributed by atoms with Gasteiger partial charge in [0.25, 0.3) is 0 Å². The van der Waals surface area contributed by atoms with Gasteiger partial charge in [0.2, 0.25) is 5.91 Å². The summed E-state index contributed by atoms with van der Waals surface area (Å²) in [7, 11) is 0. The number of carboxylic acid groups (broad SMARTS) is 1. The molecule has 0 aromatic rings. The predicted octanol–water partition coefficient (Wildman–Crippen LogP) is 0.0651. The van der Waals surface area contributed by atoms with E-state index in [-0.39, 0.29) is 12.6 Å². The number of amides is 3. The number of hydrogen-bond donors (Lipinski definition) is 4. The molecular formula is C11H21N3O4. The van der Waals surface area contributed by atoms with Crippen LogP contribution < -0.4 is 16.0 Å². The molecule has 104 valence electrons. The number of carboxylic acids is 1. The van der Waals surface area contributed by atoms with Gasteiger partial charge in [0.05, 0.1) is 6.54 Å². The van der Waals surface area contributed by atoms with Crippen molar-refractivity contribution in [2.45, 2.75) is 39.2 Å². The highest BCUT2D eigenvalue weighted by Crippen LogP contribution is 1.98. The lowest BCUT2D eigenvalue weighted by Gasteiger charge is -2.13. The third-order valence-electron chi connectivity index (χ3n) is 2.21. The number of rotatable bonds is 8. The van der Waals surface area contributed by atoms with Crippen molar-refractivity contribution in [2.24, 2.45) is 0 Å². The molecule has 7 heteroatoms. The Bertz CT molecular complexity index is 294. The van der Waals surface area contributed by atoms with Crippen LogP contribution in [0, 0.1) is 0 Å². The molecule has 0 rings (SSSR count). The van der Waals surface area contributed by atoms with E-state index in [2.05, 4.69) is 22.9 Å². The summed E-state index contributed by atoms with van der Waals surface area (Å²) in [5.41, 5.74) is 0. The molecule has 0 radical (unpaired) electrons. The average Bonchev–Trinajstić information content (AvgIpc) is 2.31. The number of urea groups is 1. The van der Waals surface area contributed by atoms with Crippen LogP contribution in [0.4, 0.5) is 4.79 Å². The van der Waals surface area contributed by atoms with E-state index in [1.54, 1.807) is 0 Å². The van der Waals surface area contributed by atoms with Crippen LogP contribution in [0.25, 0.3) is 0 Å². The van der Waals surface area contributed by atoms with Gasteiger partial charge >= 0.3 is 12.0 Å². The smallest absolute Gasteiger partial charge is 0.322 e. The van der Waals surface area contributed by atoms with E-state index >= 15 is 0 Å². The molecular weight excluding hydrogens is 238 g/mol. The maximum Gasteiger partial charge on any atom is 0.322 e. The van der Waals surface area contributed by atoms with Crippen LogP contribution in [0.2, 0.25) is 0 Å². The number of unbranched alkanes of at least 4 members (excludes halogenated alkanes) is 1. The van der Waals surface area contributed by atoms with Crippen LogP contribution in [0.1, 0.15) is 33.1 Å². The molecule has 0 aliphatic heterocycles. The van der Waals surface area contributed by atoms with Crippen LogP contribution in [-0.4, -0.2) is 42.1 Å². The first-order valence-corrected chi connectivity index (χ1v) is 5.98. The molecule has 0 fully saturated rings. The lowest BCUT2D eigenvalue weighted by molar-refractivity contribution is -0.137. The van der Waals surface area contributed by atoms with E-state index in [0.717, 1.165) is 19.3 Å². The number of carbonyl (C=O) groups excluding carboxylic acids is 2. The molecule has 1 unspecified atom stereocenters. The Hall–Kier alpha value is -1.79. The first-order valence-electron chi connectivity index (χ1n) is 5.98. The molecule has 3 amide bonds. The van der Waals surface area contributed by atoms with E-state index in [1.165, 1.54) is 0 Å². The first kappa shape index (κ1) is 16.2. The molecule has 18 heavy (non-hydrogen) atoms. The Morgan fingerprint density at radius 3 is 2.39 bits per heavy atom. The van der Waals surface area contributed by atoms with Gasteiger partial charge in [-0.2, -0.15) is 0 Å². The predicted molar refractivity (Wildman–Crippen MR) is 66.2 cm³/mol. The van der Waals surface area contributed by atoms with E-state index in [4.69, 9.17) is 5.11 Å². The molecule has 0 heterocycles. The SMILES string of the molecule is CCCCC(C)NC(=O)NCC(=O)NCC(=O)O. The van der Waals surface area contributed by atoms with Gasteiger partial charge < -0.3 is 21.1 Å². The van der Waals surface area contributed by atoms with Crippen molar-refractivity contribution in [1.82, 2.24) is 16.0 Å². The quantitative estimate of drug-likeness (QED) is 0.494. The topological polar surface area (TPSA) is 108 Å². The second-order valence-electron chi connectivity index (χ2n) is 4.04. The van der Waals surface area contributed by atoms with E-state index in [1.807, 2.05) is 6.92 Å². The van der Waals surface area contributed by atoms with E-state index in [0.29, 0.717) is 0 Å². The summed E-state index contributed by atoms with van der Waals surface area (Å²) >= 11 is 0. The third kappa shape index (κ3) is 9.44. The fourth-order valence-corrected chi connectivity index (χ4v) is 1.25. The van der Waals surface area contributed by atoms with Gasteiger partial charge in [-0.25, -0.2) is 4.79 Å². The van der Waals surface area contributed by atoms with Crippen LogP contribution in [0.3, 0.4) is 0 Å². The van der Waals surface area contributed by atoms with Crippen molar-refractivity contribution in [2.75, 3.05) is 13.1 Å². The Labute approximate surface area is 106 Å². The minimum atomic E-state index is -1.12. The maximum atomic E-state index is 11.3. The fraction of sp³-hybridized carbons (Fsp3) is 0.727. The summed E-state index contributed by atoms with van der Waals surface area (Å²) < 4.78 is 0. The van der Waals surface area contributed by atoms with Crippen LogP contribution in [-0.2, 0) is 9.59 Å². The van der Waals surface area contributed by atoms with Gasteiger partial charge in [-0.05, 0) is 13.3 Å². The monoisotopic (exact) mass is 259 g/mol. The zero-order valence-electron chi connectivity index (χ0n) is 10.8. The largest absolute Gasteiger partial charge is 0.480 e. The number of carbonyl (C=O) groups is 3. The highest BCUT2D eigenvalue weighted by atomic mass is 16.4. The first-order chi connectivity index (χ1) is 8.45. The van der Waals surface area contributed by atoms with E-state index < -0.39 is 24.5 Å². The maximum absolute atomic E-state index is 11.3. The summed E-state index contributed by atoms with van der Waals surface area (Å²) in [6.07, 6.45) is 2.97. The summed E-state index contributed by atoms with van der Waals surface area (Å²) in [5, 5.41) is 15.5. The molecule has 4 N–H and O–H groups in total. The lowest BCUT2D eigenvalue weighted by Crippen LogP contribution is -2.45.